The number of aryl methyl sites for hydroxylation is 2. The number of halogens is 1. The number of hydrogen-bond donors (Lipinski definition) is 1. The van der Waals surface area contributed by atoms with Crippen LogP contribution in [0.5, 0.6) is 5.75 Å². The van der Waals surface area contributed by atoms with Gasteiger partial charge in [0.25, 0.3) is 0 Å². The fraction of sp³-hybridized carbons (Fsp3) is 0.294. The molecular weight excluding hydrogens is 316 g/mol. The van der Waals surface area contributed by atoms with Gasteiger partial charge in [-0.15, -0.1) is 0 Å². The van der Waals surface area contributed by atoms with E-state index in [1.165, 1.54) is 0 Å². The summed E-state index contributed by atoms with van der Waals surface area (Å²) in [5, 5.41) is 10.5. The number of benzene rings is 2. The molecule has 0 radical (unpaired) electrons. The van der Waals surface area contributed by atoms with E-state index in [9.17, 15) is 5.11 Å². The number of rotatable bonds is 4. The summed E-state index contributed by atoms with van der Waals surface area (Å²) in [5.41, 5.74) is 4.30. The van der Waals surface area contributed by atoms with Gasteiger partial charge in [-0.1, -0.05) is 39.7 Å². The van der Waals surface area contributed by atoms with E-state index < -0.39 is 6.10 Å². The highest BCUT2D eigenvalue weighted by atomic mass is 79.9. The minimum absolute atomic E-state index is 0.515. The number of hydrogen-bond acceptors (Lipinski definition) is 2. The molecule has 3 heteroatoms. The first-order chi connectivity index (χ1) is 9.51. The zero-order chi connectivity index (χ0) is 14.7. The Morgan fingerprint density at radius 3 is 2.60 bits per heavy atom. The van der Waals surface area contributed by atoms with E-state index in [1.807, 2.05) is 38.1 Å². The van der Waals surface area contributed by atoms with Crippen molar-refractivity contribution in [2.24, 2.45) is 0 Å². The summed E-state index contributed by atoms with van der Waals surface area (Å²) in [6.45, 7) is 4.07. The number of aliphatic hydroxyl groups is 1. The molecular formula is C17H19BrO2. The second kappa shape index (κ2) is 6.42. The van der Waals surface area contributed by atoms with E-state index in [-0.39, 0.29) is 0 Å². The SMILES string of the molecule is COc1ccc(Br)c(CC(O)c2cc(C)ccc2C)c1. The van der Waals surface area contributed by atoms with Crippen molar-refractivity contribution in [2.75, 3.05) is 7.11 Å². The summed E-state index contributed by atoms with van der Waals surface area (Å²) in [7, 11) is 1.65. The van der Waals surface area contributed by atoms with Gasteiger partial charge >= 0.3 is 0 Å². The second-order valence-corrected chi connectivity index (χ2v) is 5.89. The van der Waals surface area contributed by atoms with E-state index >= 15 is 0 Å². The molecule has 1 N–H and O–H groups in total. The van der Waals surface area contributed by atoms with Gasteiger partial charge in [-0.2, -0.15) is 0 Å². The van der Waals surface area contributed by atoms with Crippen molar-refractivity contribution in [2.45, 2.75) is 26.4 Å². The molecule has 2 aromatic rings. The zero-order valence-corrected chi connectivity index (χ0v) is 13.6. The van der Waals surface area contributed by atoms with Gasteiger partial charge in [-0.05, 0) is 48.7 Å². The van der Waals surface area contributed by atoms with Crippen LogP contribution < -0.4 is 4.74 Å². The molecule has 0 aliphatic rings. The van der Waals surface area contributed by atoms with Crippen molar-refractivity contribution < 1.29 is 9.84 Å². The van der Waals surface area contributed by atoms with Gasteiger partial charge in [0.05, 0.1) is 13.2 Å². The van der Waals surface area contributed by atoms with Crippen LogP contribution in [0, 0.1) is 13.8 Å². The molecule has 0 aliphatic carbocycles. The molecule has 0 saturated heterocycles. The molecule has 0 aromatic heterocycles. The molecule has 20 heavy (non-hydrogen) atoms. The zero-order valence-electron chi connectivity index (χ0n) is 12.0. The van der Waals surface area contributed by atoms with E-state index in [0.29, 0.717) is 6.42 Å². The number of ether oxygens (including phenoxy) is 1. The maximum absolute atomic E-state index is 10.5. The fourth-order valence-electron chi connectivity index (χ4n) is 2.27. The summed E-state index contributed by atoms with van der Waals surface area (Å²) in [5.74, 6) is 0.802. The van der Waals surface area contributed by atoms with Crippen LogP contribution in [0.2, 0.25) is 0 Å². The Morgan fingerprint density at radius 1 is 1.15 bits per heavy atom. The maximum Gasteiger partial charge on any atom is 0.119 e. The lowest BCUT2D eigenvalue weighted by Crippen LogP contribution is -2.05. The fourth-order valence-corrected chi connectivity index (χ4v) is 2.68. The van der Waals surface area contributed by atoms with Crippen LogP contribution in [0.25, 0.3) is 0 Å². The summed E-state index contributed by atoms with van der Waals surface area (Å²) in [6, 6.07) is 12.0. The Labute approximate surface area is 128 Å². The van der Waals surface area contributed by atoms with Crippen molar-refractivity contribution in [3.63, 3.8) is 0 Å². The molecule has 0 saturated carbocycles. The van der Waals surface area contributed by atoms with Crippen LogP contribution >= 0.6 is 15.9 Å². The van der Waals surface area contributed by atoms with Crippen molar-refractivity contribution in [1.82, 2.24) is 0 Å². The van der Waals surface area contributed by atoms with Crippen LogP contribution in [0.15, 0.2) is 40.9 Å². The van der Waals surface area contributed by atoms with Crippen molar-refractivity contribution >= 4 is 15.9 Å². The lowest BCUT2D eigenvalue weighted by Gasteiger charge is -2.16. The third-order valence-corrected chi connectivity index (χ3v) is 4.23. The van der Waals surface area contributed by atoms with Gasteiger partial charge in [0.2, 0.25) is 0 Å². The third kappa shape index (κ3) is 3.41. The van der Waals surface area contributed by atoms with Crippen LogP contribution in [-0.2, 0) is 6.42 Å². The molecule has 2 nitrogen and oxygen atoms in total. The van der Waals surface area contributed by atoms with E-state index in [2.05, 4.69) is 28.1 Å². The standard InChI is InChI=1S/C17H19BrO2/c1-11-4-5-12(2)15(8-11)17(19)10-13-9-14(20-3)6-7-16(13)18/h4-9,17,19H,10H2,1-3H3. The van der Waals surface area contributed by atoms with Gasteiger partial charge < -0.3 is 9.84 Å². The smallest absolute Gasteiger partial charge is 0.119 e. The molecule has 0 aliphatic heterocycles. The van der Waals surface area contributed by atoms with Crippen molar-refractivity contribution in [3.8, 4) is 5.75 Å². The quantitative estimate of drug-likeness (QED) is 0.900. The lowest BCUT2D eigenvalue weighted by molar-refractivity contribution is 0.177. The van der Waals surface area contributed by atoms with Gasteiger partial charge in [-0.3, -0.25) is 0 Å². The monoisotopic (exact) mass is 334 g/mol. The molecule has 0 spiro atoms. The number of methoxy groups -OCH3 is 1. The van der Waals surface area contributed by atoms with Crippen molar-refractivity contribution in [3.05, 3.63) is 63.1 Å². The summed E-state index contributed by atoms with van der Waals surface area (Å²) in [6.07, 6.45) is 0.0422. The normalized spacial score (nSPS) is 12.2. The minimum atomic E-state index is -0.515. The highest BCUT2D eigenvalue weighted by Gasteiger charge is 2.14. The highest BCUT2D eigenvalue weighted by molar-refractivity contribution is 9.10. The average Bonchev–Trinajstić information content (AvgIpc) is 2.43. The molecule has 0 heterocycles. The van der Waals surface area contributed by atoms with E-state index in [1.54, 1.807) is 7.11 Å². The highest BCUT2D eigenvalue weighted by Crippen LogP contribution is 2.28. The van der Waals surface area contributed by atoms with Gasteiger partial charge in [0.1, 0.15) is 5.75 Å². The summed E-state index contributed by atoms with van der Waals surface area (Å²) < 4.78 is 6.23. The van der Waals surface area contributed by atoms with Gasteiger partial charge in [-0.25, -0.2) is 0 Å². The largest absolute Gasteiger partial charge is 0.497 e. The molecule has 2 aromatic carbocycles. The van der Waals surface area contributed by atoms with E-state index in [4.69, 9.17) is 4.74 Å². The van der Waals surface area contributed by atoms with E-state index in [0.717, 1.165) is 32.5 Å². The Hall–Kier alpha value is -1.32. The molecule has 106 valence electrons. The first kappa shape index (κ1) is 15.1. The Bertz CT molecular complexity index is 608. The predicted octanol–water partition coefficient (Wildman–Crippen LogP) is 4.35. The second-order valence-electron chi connectivity index (χ2n) is 5.04. The Morgan fingerprint density at radius 2 is 1.90 bits per heavy atom. The Balaban J connectivity index is 2.27. The topological polar surface area (TPSA) is 29.5 Å². The van der Waals surface area contributed by atoms with Crippen LogP contribution in [0.3, 0.4) is 0 Å². The van der Waals surface area contributed by atoms with Crippen LogP contribution in [0.4, 0.5) is 0 Å². The average molecular weight is 335 g/mol. The summed E-state index contributed by atoms with van der Waals surface area (Å²) in [4.78, 5) is 0. The molecule has 1 atom stereocenters. The molecule has 0 bridgehead atoms. The first-order valence-electron chi connectivity index (χ1n) is 6.59. The number of aliphatic hydroxyl groups excluding tert-OH is 1. The predicted molar refractivity (Wildman–Crippen MR) is 85.3 cm³/mol. The first-order valence-corrected chi connectivity index (χ1v) is 7.38. The molecule has 1 unspecified atom stereocenters. The maximum atomic E-state index is 10.5. The lowest BCUT2D eigenvalue weighted by atomic mass is 9.96. The molecule has 0 amide bonds. The van der Waals surface area contributed by atoms with Crippen LogP contribution in [-0.4, -0.2) is 12.2 Å². The minimum Gasteiger partial charge on any atom is -0.497 e. The van der Waals surface area contributed by atoms with Gasteiger partial charge in [0.15, 0.2) is 0 Å². The van der Waals surface area contributed by atoms with Crippen molar-refractivity contribution in [1.29, 1.82) is 0 Å². The third-order valence-electron chi connectivity index (χ3n) is 3.46. The Kier molecular flexibility index (Phi) is 4.84. The molecule has 2 rings (SSSR count). The van der Waals surface area contributed by atoms with Crippen LogP contribution in [0.1, 0.15) is 28.4 Å². The summed E-state index contributed by atoms with van der Waals surface area (Å²) >= 11 is 3.53. The molecule has 0 fully saturated rings. The van der Waals surface area contributed by atoms with Gasteiger partial charge in [0, 0.05) is 10.9 Å².